The number of carbonyl (C=O) groups is 2. The van der Waals surface area contributed by atoms with Gasteiger partial charge in [-0.2, -0.15) is 5.10 Å². The van der Waals surface area contributed by atoms with E-state index in [4.69, 9.17) is 16.3 Å². The van der Waals surface area contributed by atoms with E-state index in [-0.39, 0.29) is 41.5 Å². The molecule has 38 heavy (non-hydrogen) atoms. The van der Waals surface area contributed by atoms with Crippen LogP contribution >= 0.6 is 11.6 Å². The SMILES string of the molecule is CC(C)(C)OC(=O)C(Nc1cc(N2CCc3c(cnn3Cc3c(F)cccc3F)C2=O)c(Cl)cn1)C1CC1. The molecular weight excluding hydrogens is 516 g/mol. The van der Waals surface area contributed by atoms with E-state index < -0.39 is 23.3 Å². The molecule has 1 atom stereocenters. The van der Waals surface area contributed by atoms with E-state index in [1.807, 2.05) is 20.8 Å². The molecule has 2 aromatic heterocycles. The zero-order valence-corrected chi connectivity index (χ0v) is 22.1. The summed E-state index contributed by atoms with van der Waals surface area (Å²) in [6.45, 7) is 5.60. The Balaban J connectivity index is 1.37. The third-order valence-electron chi connectivity index (χ3n) is 6.55. The zero-order valence-electron chi connectivity index (χ0n) is 21.3. The van der Waals surface area contributed by atoms with E-state index in [0.717, 1.165) is 12.8 Å². The quantitative estimate of drug-likeness (QED) is 0.422. The van der Waals surface area contributed by atoms with Crippen molar-refractivity contribution in [2.45, 2.75) is 58.2 Å². The molecule has 0 spiro atoms. The molecular formula is C27H28ClF2N5O3. The summed E-state index contributed by atoms with van der Waals surface area (Å²) in [5, 5.41) is 7.68. The van der Waals surface area contributed by atoms with Crippen LogP contribution in [-0.2, 0) is 22.5 Å². The topological polar surface area (TPSA) is 89.4 Å². The third kappa shape index (κ3) is 5.36. The molecule has 1 aliphatic heterocycles. The molecule has 1 fully saturated rings. The first-order valence-electron chi connectivity index (χ1n) is 12.5. The molecule has 1 unspecified atom stereocenters. The molecule has 0 radical (unpaired) electrons. The van der Waals surface area contributed by atoms with Gasteiger partial charge >= 0.3 is 5.97 Å². The first kappa shape index (κ1) is 26.1. The number of benzene rings is 1. The average Bonchev–Trinajstić information content (AvgIpc) is 3.60. The lowest BCUT2D eigenvalue weighted by Gasteiger charge is -2.29. The largest absolute Gasteiger partial charge is 0.458 e. The number of rotatable bonds is 7. The Morgan fingerprint density at radius 3 is 2.61 bits per heavy atom. The second-order valence-corrected chi connectivity index (χ2v) is 11.0. The molecule has 3 aromatic rings. The molecule has 1 saturated carbocycles. The zero-order chi connectivity index (χ0) is 27.2. The number of hydrogen-bond acceptors (Lipinski definition) is 6. The number of carbonyl (C=O) groups excluding carboxylic acids is 2. The summed E-state index contributed by atoms with van der Waals surface area (Å²) in [7, 11) is 0. The highest BCUT2D eigenvalue weighted by Crippen LogP contribution is 2.37. The van der Waals surface area contributed by atoms with Crippen LogP contribution in [0.3, 0.4) is 0 Å². The van der Waals surface area contributed by atoms with Crippen molar-refractivity contribution in [2.24, 2.45) is 5.92 Å². The van der Waals surface area contributed by atoms with Gasteiger partial charge in [-0.15, -0.1) is 0 Å². The van der Waals surface area contributed by atoms with Gasteiger partial charge in [0.05, 0.1) is 40.9 Å². The molecule has 8 nitrogen and oxygen atoms in total. The Morgan fingerprint density at radius 2 is 1.95 bits per heavy atom. The fourth-order valence-corrected chi connectivity index (χ4v) is 4.76. The lowest BCUT2D eigenvalue weighted by Crippen LogP contribution is -2.39. The van der Waals surface area contributed by atoms with Crippen LogP contribution in [-0.4, -0.2) is 44.8 Å². The van der Waals surface area contributed by atoms with Gasteiger partial charge < -0.3 is 15.0 Å². The fourth-order valence-electron chi connectivity index (χ4n) is 4.55. The third-order valence-corrected chi connectivity index (χ3v) is 6.84. The molecule has 2 aliphatic rings. The molecule has 1 aliphatic carbocycles. The second-order valence-electron chi connectivity index (χ2n) is 10.6. The number of anilines is 2. The number of hydrogen-bond donors (Lipinski definition) is 1. The predicted molar refractivity (Wildman–Crippen MR) is 138 cm³/mol. The number of halogens is 3. The summed E-state index contributed by atoms with van der Waals surface area (Å²) in [6.07, 6.45) is 5.06. The predicted octanol–water partition coefficient (Wildman–Crippen LogP) is 4.99. The van der Waals surface area contributed by atoms with Gasteiger partial charge in [0, 0.05) is 24.6 Å². The van der Waals surface area contributed by atoms with Crippen LogP contribution in [0.15, 0.2) is 36.7 Å². The van der Waals surface area contributed by atoms with Crippen LogP contribution in [0.4, 0.5) is 20.3 Å². The van der Waals surface area contributed by atoms with Crippen molar-refractivity contribution < 1.29 is 23.1 Å². The summed E-state index contributed by atoms with van der Waals surface area (Å²) < 4.78 is 35.4. The molecule has 200 valence electrons. The van der Waals surface area contributed by atoms with Gasteiger partial charge in [-0.25, -0.2) is 18.6 Å². The number of aromatic nitrogens is 3. The van der Waals surface area contributed by atoms with Crippen LogP contribution in [0.2, 0.25) is 5.02 Å². The Hall–Kier alpha value is -3.53. The molecule has 1 N–H and O–H groups in total. The van der Waals surface area contributed by atoms with Gasteiger partial charge in [0.1, 0.15) is 29.1 Å². The number of pyridine rings is 1. The summed E-state index contributed by atoms with van der Waals surface area (Å²) >= 11 is 6.45. The van der Waals surface area contributed by atoms with E-state index >= 15 is 0 Å². The number of nitrogens with zero attached hydrogens (tertiary/aromatic N) is 4. The minimum absolute atomic E-state index is 0.114. The Labute approximate surface area is 223 Å². The normalized spacial score (nSPS) is 16.3. The van der Waals surface area contributed by atoms with Crippen molar-refractivity contribution in [3.63, 3.8) is 0 Å². The van der Waals surface area contributed by atoms with E-state index in [1.165, 1.54) is 40.2 Å². The molecule has 1 aromatic carbocycles. The standard InChI is InChI=1S/C27H28ClF2N5O3/c1-27(2,3)38-26(37)24(15-7-8-15)33-23-11-22(18(28)13-31-23)34-10-9-21-16(25(34)36)12-32-35(21)14-17-19(29)5-4-6-20(17)30/h4-6,11-13,15,24H,7-10,14H2,1-3H3,(H,31,33). The van der Waals surface area contributed by atoms with Crippen molar-refractivity contribution in [3.05, 3.63) is 70.1 Å². The molecule has 11 heteroatoms. The highest BCUT2D eigenvalue weighted by Gasteiger charge is 2.39. The Bertz CT molecular complexity index is 1380. The fraction of sp³-hybridized carbons (Fsp3) is 0.407. The minimum atomic E-state index is -0.669. The Kier molecular flexibility index (Phi) is 6.85. The monoisotopic (exact) mass is 543 g/mol. The molecule has 0 bridgehead atoms. The highest BCUT2D eigenvalue weighted by molar-refractivity contribution is 6.34. The minimum Gasteiger partial charge on any atom is -0.458 e. The lowest BCUT2D eigenvalue weighted by atomic mass is 10.1. The number of amides is 1. The van der Waals surface area contributed by atoms with Crippen LogP contribution in [0.5, 0.6) is 0 Å². The van der Waals surface area contributed by atoms with Crippen LogP contribution in [0.1, 0.15) is 55.2 Å². The second kappa shape index (κ2) is 9.98. The summed E-state index contributed by atoms with van der Waals surface area (Å²) in [6, 6.07) is 4.76. The van der Waals surface area contributed by atoms with Gasteiger partial charge in [0.15, 0.2) is 0 Å². The van der Waals surface area contributed by atoms with Gasteiger partial charge in [-0.05, 0) is 51.7 Å². The maximum Gasteiger partial charge on any atom is 0.329 e. The maximum absolute atomic E-state index is 14.2. The summed E-state index contributed by atoms with van der Waals surface area (Å²) in [5.41, 5.74) is 0.629. The lowest BCUT2D eigenvalue weighted by molar-refractivity contribution is -0.156. The van der Waals surface area contributed by atoms with Gasteiger partial charge in [-0.3, -0.25) is 9.48 Å². The molecule has 5 rings (SSSR count). The summed E-state index contributed by atoms with van der Waals surface area (Å²) in [4.78, 5) is 32.1. The van der Waals surface area contributed by atoms with E-state index in [2.05, 4.69) is 15.4 Å². The number of nitrogens with one attached hydrogen (secondary N) is 1. The molecule has 3 heterocycles. The van der Waals surface area contributed by atoms with Crippen LogP contribution < -0.4 is 10.2 Å². The van der Waals surface area contributed by atoms with Gasteiger partial charge in [0.25, 0.3) is 5.91 Å². The van der Waals surface area contributed by atoms with Crippen LogP contribution in [0, 0.1) is 17.6 Å². The molecule has 1 amide bonds. The number of fused-ring (bicyclic) bond motifs is 1. The van der Waals surface area contributed by atoms with E-state index in [9.17, 15) is 18.4 Å². The number of ether oxygens (including phenoxy) is 1. The van der Waals surface area contributed by atoms with Crippen molar-refractivity contribution in [1.29, 1.82) is 0 Å². The first-order valence-corrected chi connectivity index (χ1v) is 12.8. The van der Waals surface area contributed by atoms with Crippen molar-refractivity contribution >= 4 is 35.0 Å². The van der Waals surface area contributed by atoms with E-state index in [0.29, 0.717) is 29.2 Å². The highest BCUT2D eigenvalue weighted by atomic mass is 35.5. The smallest absolute Gasteiger partial charge is 0.329 e. The molecule has 0 saturated heterocycles. The number of esters is 1. The maximum atomic E-state index is 14.2. The average molecular weight is 544 g/mol. The van der Waals surface area contributed by atoms with Crippen molar-refractivity contribution in [2.75, 3.05) is 16.8 Å². The van der Waals surface area contributed by atoms with Gasteiger partial charge in [-0.1, -0.05) is 17.7 Å². The van der Waals surface area contributed by atoms with Crippen LogP contribution in [0.25, 0.3) is 0 Å². The summed E-state index contributed by atoms with van der Waals surface area (Å²) in [5.74, 6) is -1.48. The van der Waals surface area contributed by atoms with Crippen molar-refractivity contribution in [1.82, 2.24) is 14.8 Å². The van der Waals surface area contributed by atoms with Gasteiger partial charge in [0.2, 0.25) is 0 Å². The first-order chi connectivity index (χ1) is 18.0. The Morgan fingerprint density at radius 1 is 1.24 bits per heavy atom. The van der Waals surface area contributed by atoms with E-state index in [1.54, 1.807) is 6.07 Å². The van der Waals surface area contributed by atoms with Crippen molar-refractivity contribution in [3.8, 4) is 0 Å².